The van der Waals surface area contributed by atoms with E-state index >= 15 is 0 Å². The van der Waals surface area contributed by atoms with Crippen molar-refractivity contribution in [3.63, 3.8) is 0 Å². The Morgan fingerprint density at radius 3 is 2.60 bits per heavy atom. The lowest BCUT2D eigenvalue weighted by atomic mass is 9.84. The highest BCUT2D eigenvalue weighted by atomic mass is 35.5. The summed E-state index contributed by atoms with van der Waals surface area (Å²) in [4.78, 5) is 29.3. The number of carbonyl (C=O) groups excluding carboxylic acids is 2. The third-order valence-corrected chi connectivity index (χ3v) is 7.03. The lowest BCUT2D eigenvalue weighted by Crippen LogP contribution is -2.47. The zero-order valence-corrected chi connectivity index (χ0v) is 21.6. The Morgan fingerprint density at radius 2 is 1.89 bits per heavy atom. The van der Waals surface area contributed by atoms with Gasteiger partial charge in [-0.25, -0.2) is 0 Å². The SMILES string of the molecule is O=C(CCCc1ccccc1NC(CCl)CCCl)OC1(CNC(=O)c2cccnc2)CCCCC1. The number of anilines is 1. The highest BCUT2D eigenvalue weighted by Crippen LogP contribution is 2.32. The van der Waals surface area contributed by atoms with Gasteiger partial charge in [-0.05, 0) is 68.7 Å². The van der Waals surface area contributed by atoms with Crippen molar-refractivity contribution in [3.8, 4) is 0 Å². The average Bonchev–Trinajstić information content (AvgIpc) is 2.89. The Bertz CT molecular complexity index is 936. The topological polar surface area (TPSA) is 80.3 Å². The van der Waals surface area contributed by atoms with Gasteiger partial charge in [0.25, 0.3) is 5.91 Å². The maximum Gasteiger partial charge on any atom is 0.306 e. The van der Waals surface area contributed by atoms with Gasteiger partial charge in [-0.15, -0.1) is 23.2 Å². The molecule has 1 aliphatic carbocycles. The molecule has 35 heavy (non-hydrogen) atoms. The first-order valence-corrected chi connectivity index (χ1v) is 13.5. The number of esters is 1. The second-order valence-electron chi connectivity index (χ2n) is 9.13. The number of nitrogens with one attached hydrogen (secondary N) is 2. The van der Waals surface area contributed by atoms with Gasteiger partial charge in [0.1, 0.15) is 5.60 Å². The van der Waals surface area contributed by atoms with Gasteiger partial charge in [0.05, 0.1) is 12.1 Å². The van der Waals surface area contributed by atoms with Gasteiger partial charge in [-0.2, -0.15) is 0 Å². The molecule has 190 valence electrons. The predicted molar refractivity (Wildman–Crippen MR) is 141 cm³/mol. The fraction of sp³-hybridized carbons (Fsp3) is 0.519. The molecule has 6 nitrogen and oxygen atoms in total. The van der Waals surface area contributed by atoms with Gasteiger partial charge < -0.3 is 15.4 Å². The summed E-state index contributed by atoms with van der Waals surface area (Å²) < 4.78 is 6.03. The first-order valence-electron chi connectivity index (χ1n) is 12.4. The molecule has 1 aromatic heterocycles. The number of aromatic nitrogens is 1. The van der Waals surface area contributed by atoms with Gasteiger partial charge >= 0.3 is 5.97 Å². The van der Waals surface area contributed by atoms with Crippen LogP contribution in [0, 0.1) is 0 Å². The van der Waals surface area contributed by atoms with Crippen LogP contribution in [0.25, 0.3) is 0 Å². The molecule has 1 unspecified atom stereocenters. The number of aryl methyl sites for hydroxylation is 1. The number of alkyl halides is 2. The second-order valence-corrected chi connectivity index (χ2v) is 9.81. The molecule has 1 saturated carbocycles. The van der Waals surface area contributed by atoms with Crippen LogP contribution in [0.15, 0.2) is 48.8 Å². The van der Waals surface area contributed by atoms with Crippen molar-refractivity contribution >= 4 is 40.8 Å². The normalized spacial score (nSPS) is 15.7. The zero-order valence-electron chi connectivity index (χ0n) is 20.1. The maximum absolute atomic E-state index is 12.8. The monoisotopic (exact) mass is 519 g/mol. The minimum atomic E-state index is -0.637. The highest BCUT2D eigenvalue weighted by Gasteiger charge is 2.36. The van der Waals surface area contributed by atoms with Gasteiger partial charge in [0.2, 0.25) is 0 Å². The summed E-state index contributed by atoms with van der Waals surface area (Å²) in [5, 5.41) is 6.43. The summed E-state index contributed by atoms with van der Waals surface area (Å²) in [6.07, 6.45) is 10.3. The van der Waals surface area contributed by atoms with E-state index in [1.165, 1.54) is 6.20 Å². The second kappa shape index (κ2) is 14.3. The molecule has 1 atom stereocenters. The third kappa shape index (κ3) is 8.69. The molecule has 3 rings (SSSR count). The molecule has 1 heterocycles. The first-order chi connectivity index (χ1) is 17.0. The van der Waals surface area contributed by atoms with Crippen LogP contribution in [0.5, 0.6) is 0 Å². The molecule has 0 spiro atoms. The largest absolute Gasteiger partial charge is 0.457 e. The first kappa shape index (κ1) is 27.3. The van der Waals surface area contributed by atoms with E-state index in [2.05, 4.69) is 21.7 Å². The molecule has 1 amide bonds. The minimum absolute atomic E-state index is 0.105. The van der Waals surface area contributed by atoms with E-state index in [4.69, 9.17) is 27.9 Å². The Kier molecular flexibility index (Phi) is 11.1. The molecule has 0 aliphatic heterocycles. The number of rotatable bonds is 13. The van der Waals surface area contributed by atoms with Crippen LogP contribution in [0.1, 0.15) is 67.3 Å². The Morgan fingerprint density at radius 1 is 1.09 bits per heavy atom. The van der Waals surface area contributed by atoms with Crippen molar-refractivity contribution in [2.24, 2.45) is 0 Å². The molecule has 1 aliphatic rings. The van der Waals surface area contributed by atoms with Crippen LogP contribution in [0.3, 0.4) is 0 Å². The molecular formula is C27H35Cl2N3O3. The van der Waals surface area contributed by atoms with E-state index in [-0.39, 0.29) is 17.9 Å². The summed E-state index contributed by atoms with van der Waals surface area (Å²) >= 11 is 12.0. The van der Waals surface area contributed by atoms with Crippen molar-refractivity contribution in [1.29, 1.82) is 0 Å². The quantitative estimate of drug-likeness (QED) is 0.261. The van der Waals surface area contributed by atoms with Crippen LogP contribution in [-0.2, 0) is 16.0 Å². The average molecular weight is 521 g/mol. The van der Waals surface area contributed by atoms with E-state index in [1.807, 2.05) is 18.2 Å². The van der Waals surface area contributed by atoms with Gasteiger partial charge in [0, 0.05) is 42.3 Å². The van der Waals surface area contributed by atoms with E-state index in [1.54, 1.807) is 18.3 Å². The number of ether oxygens (including phenoxy) is 1. The van der Waals surface area contributed by atoms with Gasteiger partial charge in [-0.3, -0.25) is 14.6 Å². The van der Waals surface area contributed by atoms with Crippen LogP contribution in [-0.4, -0.2) is 46.8 Å². The Labute approximate surface area is 218 Å². The van der Waals surface area contributed by atoms with Crippen LogP contribution in [0.2, 0.25) is 0 Å². The van der Waals surface area contributed by atoms with Crippen molar-refractivity contribution in [2.75, 3.05) is 23.6 Å². The molecule has 0 saturated heterocycles. The number of amides is 1. The van der Waals surface area contributed by atoms with Crippen LogP contribution >= 0.6 is 23.2 Å². The number of carbonyl (C=O) groups is 2. The lowest BCUT2D eigenvalue weighted by Gasteiger charge is -2.37. The summed E-state index contributed by atoms with van der Waals surface area (Å²) in [5.74, 6) is 0.608. The summed E-state index contributed by atoms with van der Waals surface area (Å²) in [7, 11) is 0. The van der Waals surface area contributed by atoms with Crippen molar-refractivity contribution < 1.29 is 14.3 Å². The van der Waals surface area contributed by atoms with Gasteiger partial charge in [0.15, 0.2) is 0 Å². The van der Waals surface area contributed by atoms with Crippen molar-refractivity contribution in [3.05, 3.63) is 59.9 Å². The minimum Gasteiger partial charge on any atom is -0.457 e. The summed E-state index contributed by atoms with van der Waals surface area (Å²) in [5.41, 5.74) is 2.03. The number of hydrogen-bond donors (Lipinski definition) is 2. The lowest BCUT2D eigenvalue weighted by molar-refractivity contribution is -0.162. The summed E-state index contributed by atoms with van der Waals surface area (Å²) in [6, 6.07) is 11.6. The van der Waals surface area contributed by atoms with E-state index in [0.29, 0.717) is 36.7 Å². The Hall–Kier alpha value is -2.31. The smallest absolute Gasteiger partial charge is 0.306 e. The standard InChI is InChI=1S/C27H35Cl2N3O3/c28-16-13-23(18-29)32-24-11-3-2-8-21(24)9-6-12-25(33)35-27(14-4-1-5-15-27)20-31-26(34)22-10-7-17-30-19-22/h2-3,7-8,10-11,17,19,23,32H,1,4-6,9,12-16,18,20H2,(H,31,34). The van der Waals surface area contributed by atoms with E-state index in [9.17, 15) is 9.59 Å². The van der Waals surface area contributed by atoms with Crippen molar-refractivity contribution in [2.45, 2.75) is 69.4 Å². The van der Waals surface area contributed by atoms with Gasteiger partial charge in [-0.1, -0.05) is 24.6 Å². The molecule has 2 N–H and O–H groups in total. The fourth-order valence-corrected chi connectivity index (χ4v) is 4.98. The molecular weight excluding hydrogens is 485 g/mol. The number of benzene rings is 1. The molecule has 1 aromatic carbocycles. The van der Waals surface area contributed by atoms with Crippen molar-refractivity contribution in [1.82, 2.24) is 10.3 Å². The van der Waals surface area contributed by atoms with Crippen LogP contribution in [0.4, 0.5) is 5.69 Å². The molecule has 0 radical (unpaired) electrons. The number of halogens is 2. The maximum atomic E-state index is 12.8. The highest BCUT2D eigenvalue weighted by molar-refractivity contribution is 6.19. The number of para-hydroxylation sites is 1. The number of nitrogens with zero attached hydrogens (tertiary/aromatic N) is 1. The number of pyridine rings is 1. The number of hydrogen-bond acceptors (Lipinski definition) is 5. The van der Waals surface area contributed by atoms with E-state index in [0.717, 1.165) is 56.2 Å². The predicted octanol–water partition coefficient (Wildman–Crippen LogP) is 5.73. The summed E-state index contributed by atoms with van der Waals surface area (Å²) in [6.45, 7) is 0.319. The zero-order chi connectivity index (χ0) is 24.9. The Balaban J connectivity index is 1.53. The fourth-order valence-electron chi connectivity index (χ4n) is 4.49. The molecule has 1 fully saturated rings. The molecule has 0 bridgehead atoms. The van der Waals surface area contributed by atoms with Crippen LogP contribution < -0.4 is 10.6 Å². The molecule has 2 aromatic rings. The van der Waals surface area contributed by atoms with E-state index < -0.39 is 5.60 Å². The molecule has 8 heteroatoms. The third-order valence-electron chi connectivity index (χ3n) is 6.44.